The number of hydrogen-bond acceptors (Lipinski definition) is 5. The SMILES string of the molecule is N#C/C(=C/N1CCN(C(=O)c2ccco2)CC1)C(=O)Nc1cccc(C(F)(F)F)c1. The zero-order valence-electron chi connectivity index (χ0n) is 15.6. The van der Waals surface area contributed by atoms with Gasteiger partial charge in [0, 0.05) is 38.1 Å². The largest absolute Gasteiger partial charge is 0.459 e. The number of nitriles is 1. The van der Waals surface area contributed by atoms with Crippen LogP contribution in [0.5, 0.6) is 0 Å². The summed E-state index contributed by atoms with van der Waals surface area (Å²) in [5.41, 5.74) is -1.22. The maximum absolute atomic E-state index is 12.8. The van der Waals surface area contributed by atoms with E-state index < -0.39 is 17.6 Å². The first-order valence-corrected chi connectivity index (χ1v) is 8.95. The molecule has 0 radical (unpaired) electrons. The Morgan fingerprint density at radius 1 is 1.13 bits per heavy atom. The Labute approximate surface area is 170 Å². The smallest absolute Gasteiger partial charge is 0.416 e. The fourth-order valence-corrected chi connectivity index (χ4v) is 2.90. The van der Waals surface area contributed by atoms with Gasteiger partial charge in [-0.05, 0) is 30.3 Å². The Morgan fingerprint density at radius 3 is 2.47 bits per heavy atom. The highest BCUT2D eigenvalue weighted by molar-refractivity contribution is 6.06. The predicted octanol–water partition coefficient (Wildman–Crippen LogP) is 3.10. The Kier molecular flexibility index (Phi) is 6.11. The average molecular weight is 418 g/mol. The molecule has 1 fully saturated rings. The maximum Gasteiger partial charge on any atom is 0.416 e. The lowest BCUT2D eigenvalue weighted by Crippen LogP contribution is -2.47. The molecular weight excluding hydrogens is 401 g/mol. The summed E-state index contributed by atoms with van der Waals surface area (Å²) in [4.78, 5) is 27.9. The topological polar surface area (TPSA) is 89.6 Å². The minimum atomic E-state index is -4.54. The van der Waals surface area contributed by atoms with Crippen molar-refractivity contribution in [2.75, 3.05) is 31.5 Å². The molecule has 7 nitrogen and oxygen atoms in total. The lowest BCUT2D eigenvalue weighted by Gasteiger charge is -2.33. The van der Waals surface area contributed by atoms with Crippen LogP contribution < -0.4 is 5.32 Å². The summed E-state index contributed by atoms with van der Waals surface area (Å²) in [6.07, 6.45) is -1.78. The molecule has 10 heteroatoms. The molecule has 1 aromatic heterocycles. The van der Waals surface area contributed by atoms with Gasteiger partial charge < -0.3 is 19.5 Å². The number of anilines is 1. The van der Waals surface area contributed by atoms with Gasteiger partial charge in [0.05, 0.1) is 11.8 Å². The van der Waals surface area contributed by atoms with Gasteiger partial charge in [-0.3, -0.25) is 9.59 Å². The number of halogens is 3. The van der Waals surface area contributed by atoms with Crippen LogP contribution >= 0.6 is 0 Å². The van der Waals surface area contributed by atoms with Gasteiger partial charge in [-0.25, -0.2) is 0 Å². The van der Waals surface area contributed by atoms with Crippen LogP contribution in [0.3, 0.4) is 0 Å². The minimum absolute atomic E-state index is 0.0650. The molecule has 2 aromatic rings. The Hall–Kier alpha value is -3.74. The van der Waals surface area contributed by atoms with Crippen molar-refractivity contribution in [2.45, 2.75) is 6.18 Å². The number of carbonyl (C=O) groups excluding carboxylic acids is 2. The Balaban J connectivity index is 1.61. The van der Waals surface area contributed by atoms with E-state index in [2.05, 4.69) is 5.32 Å². The van der Waals surface area contributed by atoms with Gasteiger partial charge in [-0.2, -0.15) is 18.4 Å². The molecule has 1 aromatic carbocycles. The number of nitrogens with zero attached hydrogens (tertiary/aromatic N) is 3. The van der Waals surface area contributed by atoms with E-state index in [4.69, 9.17) is 4.42 Å². The molecular formula is C20H17F3N4O3. The van der Waals surface area contributed by atoms with Crippen LogP contribution in [0.2, 0.25) is 0 Å². The van der Waals surface area contributed by atoms with Crippen LogP contribution in [-0.4, -0.2) is 47.8 Å². The van der Waals surface area contributed by atoms with Crippen molar-refractivity contribution < 1.29 is 27.2 Å². The third-order valence-corrected chi connectivity index (χ3v) is 4.46. The van der Waals surface area contributed by atoms with Crippen LogP contribution in [-0.2, 0) is 11.0 Å². The van der Waals surface area contributed by atoms with Crippen molar-refractivity contribution in [2.24, 2.45) is 0 Å². The quantitative estimate of drug-likeness (QED) is 0.609. The molecule has 0 aliphatic carbocycles. The van der Waals surface area contributed by atoms with Crippen molar-refractivity contribution in [1.29, 1.82) is 5.26 Å². The first kappa shape index (κ1) is 21.0. The van der Waals surface area contributed by atoms with Gasteiger partial charge in [0.1, 0.15) is 11.6 Å². The van der Waals surface area contributed by atoms with Crippen LogP contribution in [0, 0.1) is 11.3 Å². The number of hydrogen-bond donors (Lipinski definition) is 1. The lowest BCUT2D eigenvalue weighted by atomic mass is 10.2. The molecule has 156 valence electrons. The number of carbonyl (C=O) groups is 2. The fraction of sp³-hybridized carbons (Fsp3) is 0.250. The summed E-state index contributed by atoms with van der Waals surface area (Å²) < 4.78 is 43.5. The number of furan rings is 1. The zero-order chi connectivity index (χ0) is 21.7. The molecule has 1 aliphatic rings. The number of benzene rings is 1. The predicted molar refractivity (Wildman–Crippen MR) is 100.0 cm³/mol. The highest BCUT2D eigenvalue weighted by atomic mass is 19.4. The van der Waals surface area contributed by atoms with Crippen LogP contribution in [0.4, 0.5) is 18.9 Å². The Bertz CT molecular complexity index is 985. The number of rotatable bonds is 4. The molecule has 1 N–H and O–H groups in total. The first-order chi connectivity index (χ1) is 14.3. The zero-order valence-corrected chi connectivity index (χ0v) is 15.6. The molecule has 3 rings (SSSR count). The van der Waals surface area contributed by atoms with E-state index in [1.807, 2.05) is 0 Å². The molecule has 1 aliphatic heterocycles. The number of amides is 2. The summed E-state index contributed by atoms with van der Waals surface area (Å²) in [5, 5.41) is 11.6. The van der Waals surface area contributed by atoms with E-state index in [0.717, 1.165) is 12.1 Å². The van der Waals surface area contributed by atoms with E-state index in [1.54, 1.807) is 28.0 Å². The van der Waals surface area contributed by atoms with Gasteiger partial charge in [-0.15, -0.1) is 0 Å². The van der Waals surface area contributed by atoms with E-state index >= 15 is 0 Å². The molecule has 0 bridgehead atoms. The average Bonchev–Trinajstić information content (AvgIpc) is 3.26. The number of piperazine rings is 1. The third-order valence-electron chi connectivity index (χ3n) is 4.46. The number of alkyl halides is 3. The fourth-order valence-electron chi connectivity index (χ4n) is 2.90. The van der Waals surface area contributed by atoms with Gasteiger partial charge in [0.25, 0.3) is 11.8 Å². The van der Waals surface area contributed by atoms with Crippen molar-refractivity contribution in [3.8, 4) is 6.07 Å². The molecule has 0 saturated carbocycles. The van der Waals surface area contributed by atoms with E-state index in [1.165, 1.54) is 24.6 Å². The van der Waals surface area contributed by atoms with Gasteiger partial charge in [0.2, 0.25) is 0 Å². The summed E-state index contributed by atoms with van der Waals surface area (Å²) in [6, 6.07) is 9.11. The first-order valence-electron chi connectivity index (χ1n) is 8.95. The van der Waals surface area contributed by atoms with E-state index in [-0.39, 0.29) is 22.9 Å². The normalized spacial score (nSPS) is 14.9. The van der Waals surface area contributed by atoms with Crippen LogP contribution in [0.1, 0.15) is 16.1 Å². The minimum Gasteiger partial charge on any atom is -0.459 e. The molecule has 0 spiro atoms. The summed E-state index contributed by atoms with van der Waals surface area (Å²) >= 11 is 0. The van der Waals surface area contributed by atoms with Crippen molar-refractivity contribution >= 4 is 17.5 Å². The summed E-state index contributed by atoms with van der Waals surface area (Å²) in [5.74, 6) is -0.825. The second-order valence-corrected chi connectivity index (χ2v) is 6.49. The second-order valence-electron chi connectivity index (χ2n) is 6.49. The van der Waals surface area contributed by atoms with Gasteiger partial charge in [-0.1, -0.05) is 6.07 Å². The molecule has 2 heterocycles. The van der Waals surface area contributed by atoms with Crippen LogP contribution in [0.15, 0.2) is 58.9 Å². The molecule has 1 saturated heterocycles. The monoisotopic (exact) mass is 418 g/mol. The van der Waals surface area contributed by atoms with Crippen LogP contribution in [0.25, 0.3) is 0 Å². The molecule has 30 heavy (non-hydrogen) atoms. The van der Waals surface area contributed by atoms with E-state index in [9.17, 15) is 28.0 Å². The highest BCUT2D eigenvalue weighted by Gasteiger charge is 2.30. The summed E-state index contributed by atoms with van der Waals surface area (Å²) in [6.45, 7) is 1.50. The third kappa shape index (κ3) is 5.00. The van der Waals surface area contributed by atoms with Crippen molar-refractivity contribution in [1.82, 2.24) is 9.80 Å². The second kappa shape index (κ2) is 8.73. The summed E-state index contributed by atoms with van der Waals surface area (Å²) in [7, 11) is 0. The standard InChI is InChI=1S/C20H17F3N4O3/c21-20(22,23)15-3-1-4-16(11-15)25-18(28)14(12-24)13-26-6-8-27(9-7-26)19(29)17-5-2-10-30-17/h1-5,10-11,13H,6-9H2,(H,25,28)/b14-13-. The molecule has 0 atom stereocenters. The molecule has 0 unspecified atom stereocenters. The lowest BCUT2D eigenvalue weighted by molar-refractivity contribution is -0.137. The highest BCUT2D eigenvalue weighted by Crippen LogP contribution is 2.30. The van der Waals surface area contributed by atoms with Crippen molar-refractivity contribution in [3.05, 3.63) is 65.8 Å². The Morgan fingerprint density at radius 2 is 1.87 bits per heavy atom. The number of nitrogens with one attached hydrogen (secondary N) is 1. The maximum atomic E-state index is 12.8. The van der Waals surface area contributed by atoms with Gasteiger partial charge in [0.15, 0.2) is 5.76 Å². The van der Waals surface area contributed by atoms with E-state index in [0.29, 0.717) is 26.2 Å². The van der Waals surface area contributed by atoms with Gasteiger partial charge >= 0.3 is 6.18 Å². The molecule has 2 amide bonds. The van der Waals surface area contributed by atoms with Crippen molar-refractivity contribution in [3.63, 3.8) is 0 Å².